The van der Waals surface area contributed by atoms with Crippen LogP contribution in [0.15, 0.2) is 35.5 Å². The van der Waals surface area contributed by atoms with Crippen LogP contribution in [-0.4, -0.2) is 35.9 Å². The zero-order valence-electron chi connectivity index (χ0n) is 13.7. The van der Waals surface area contributed by atoms with Crippen LogP contribution in [0.4, 0.5) is 0 Å². The number of fused-ring (bicyclic) bond motifs is 1. The summed E-state index contributed by atoms with van der Waals surface area (Å²) >= 11 is 0. The van der Waals surface area contributed by atoms with E-state index in [0.717, 1.165) is 43.4 Å². The molecule has 2 heterocycles. The molecule has 0 aliphatic carbocycles. The molecule has 1 aliphatic heterocycles. The van der Waals surface area contributed by atoms with Crippen molar-refractivity contribution in [2.24, 2.45) is 12.0 Å². The predicted molar refractivity (Wildman–Crippen MR) is 90.8 cm³/mol. The van der Waals surface area contributed by atoms with Crippen LogP contribution >= 0.6 is 0 Å². The lowest BCUT2D eigenvalue weighted by molar-refractivity contribution is 0.357. The lowest BCUT2D eigenvalue weighted by Gasteiger charge is -2.12. The molecule has 0 spiro atoms. The van der Waals surface area contributed by atoms with E-state index in [1.54, 1.807) is 13.2 Å². The van der Waals surface area contributed by atoms with Crippen LogP contribution in [0.2, 0.25) is 0 Å². The van der Waals surface area contributed by atoms with Crippen molar-refractivity contribution < 1.29 is 4.74 Å². The number of aliphatic imine (C=N–C) groups is 1. The minimum absolute atomic E-state index is 0.701. The molecule has 0 saturated heterocycles. The fourth-order valence-electron chi connectivity index (χ4n) is 2.69. The average molecular weight is 313 g/mol. The number of aryl methyl sites for hydroxylation is 1. The van der Waals surface area contributed by atoms with E-state index >= 15 is 0 Å². The minimum Gasteiger partial charge on any atom is -0.493 e. The van der Waals surface area contributed by atoms with Gasteiger partial charge in [-0.15, -0.1) is 0 Å². The molecule has 0 fully saturated rings. The fourth-order valence-corrected chi connectivity index (χ4v) is 2.69. The van der Waals surface area contributed by atoms with Gasteiger partial charge in [0.25, 0.3) is 0 Å². The smallest absolute Gasteiger partial charge is 0.191 e. The summed E-state index contributed by atoms with van der Waals surface area (Å²) in [6, 6.07) is 8.45. The van der Waals surface area contributed by atoms with Crippen molar-refractivity contribution in [1.29, 1.82) is 0 Å². The van der Waals surface area contributed by atoms with Gasteiger partial charge in [-0.25, -0.2) is 0 Å². The molecule has 6 nitrogen and oxygen atoms in total. The summed E-state index contributed by atoms with van der Waals surface area (Å²) in [5, 5.41) is 10.8. The van der Waals surface area contributed by atoms with Crippen LogP contribution in [0.5, 0.6) is 5.75 Å². The topological polar surface area (TPSA) is 63.5 Å². The van der Waals surface area contributed by atoms with E-state index in [2.05, 4.69) is 38.9 Å². The number of nitrogens with one attached hydrogen (secondary N) is 2. The van der Waals surface area contributed by atoms with Gasteiger partial charge in [0.15, 0.2) is 5.96 Å². The molecule has 6 heteroatoms. The van der Waals surface area contributed by atoms with Gasteiger partial charge < -0.3 is 15.4 Å². The molecule has 0 bridgehead atoms. The highest BCUT2D eigenvalue weighted by Gasteiger charge is 2.11. The largest absolute Gasteiger partial charge is 0.493 e. The molecule has 23 heavy (non-hydrogen) atoms. The van der Waals surface area contributed by atoms with Gasteiger partial charge in [0, 0.05) is 33.3 Å². The number of hydrogen-bond acceptors (Lipinski definition) is 3. The van der Waals surface area contributed by atoms with E-state index in [4.69, 9.17) is 4.74 Å². The average Bonchev–Trinajstić information content (AvgIpc) is 3.19. The summed E-state index contributed by atoms with van der Waals surface area (Å²) in [5.74, 6) is 1.84. The van der Waals surface area contributed by atoms with Crippen LogP contribution in [0.3, 0.4) is 0 Å². The van der Waals surface area contributed by atoms with Crippen molar-refractivity contribution in [1.82, 2.24) is 20.4 Å². The van der Waals surface area contributed by atoms with E-state index in [1.165, 1.54) is 11.1 Å². The Balaban J connectivity index is 1.46. The number of nitrogens with zero attached hydrogens (tertiary/aromatic N) is 3. The Kier molecular flexibility index (Phi) is 4.80. The van der Waals surface area contributed by atoms with Crippen molar-refractivity contribution in [3.8, 4) is 5.75 Å². The molecule has 0 amide bonds. The maximum atomic E-state index is 5.54. The maximum absolute atomic E-state index is 5.54. The molecule has 1 aromatic heterocycles. The molecule has 1 aliphatic rings. The lowest BCUT2D eigenvalue weighted by Crippen LogP contribution is -2.38. The van der Waals surface area contributed by atoms with E-state index < -0.39 is 0 Å². The number of ether oxygens (including phenoxy) is 1. The second-order valence-corrected chi connectivity index (χ2v) is 5.59. The molecular formula is C17H23N5O. The summed E-state index contributed by atoms with van der Waals surface area (Å²) in [6.45, 7) is 2.35. The fraction of sp³-hybridized carbons (Fsp3) is 0.412. The number of benzene rings is 1. The first-order valence-electron chi connectivity index (χ1n) is 7.92. The third kappa shape index (κ3) is 3.83. The van der Waals surface area contributed by atoms with E-state index in [9.17, 15) is 0 Å². The first-order chi connectivity index (χ1) is 11.3. The molecule has 2 aromatic rings. The number of guanidine groups is 1. The summed E-state index contributed by atoms with van der Waals surface area (Å²) in [7, 11) is 3.72. The lowest BCUT2D eigenvalue weighted by atomic mass is 10.1. The first-order valence-corrected chi connectivity index (χ1v) is 7.92. The maximum Gasteiger partial charge on any atom is 0.191 e. The van der Waals surface area contributed by atoms with E-state index in [-0.39, 0.29) is 0 Å². The number of hydrogen-bond donors (Lipinski definition) is 2. The Bertz CT molecular complexity index is 692. The summed E-state index contributed by atoms with van der Waals surface area (Å²) in [4.78, 5) is 4.25. The predicted octanol–water partition coefficient (Wildman–Crippen LogP) is 1.26. The van der Waals surface area contributed by atoms with Gasteiger partial charge in [0.1, 0.15) is 5.75 Å². The Morgan fingerprint density at radius 2 is 2.26 bits per heavy atom. The van der Waals surface area contributed by atoms with Crippen LogP contribution in [0.25, 0.3) is 0 Å². The molecule has 0 atom stereocenters. The third-order valence-electron chi connectivity index (χ3n) is 4.04. The normalized spacial score (nSPS) is 13.6. The SMILES string of the molecule is CN=C(NCCc1ccc2c(c1)CCO2)NCc1ccnn1C. The zero-order valence-corrected chi connectivity index (χ0v) is 13.7. The molecule has 3 rings (SSSR count). The minimum atomic E-state index is 0.701. The summed E-state index contributed by atoms with van der Waals surface area (Å²) in [5.41, 5.74) is 3.76. The highest BCUT2D eigenvalue weighted by Crippen LogP contribution is 2.25. The van der Waals surface area contributed by atoms with Gasteiger partial charge in [0.05, 0.1) is 18.8 Å². The van der Waals surface area contributed by atoms with Gasteiger partial charge >= 0.3 is 0 Å². The van der Waals surface area contributed by atoms with Crippen LogP contribution in [0.1, 0.15) is 16.8 Å². The van der Waals surface area contributed by atoms with Crippen molar-refractivity contribution in [2.75, 3.05) is 20.2 Å². The summed E-state index contributed by atoms with van der Waals surface area (Å²) < 4.78 is 7.39. The Labute approximate surface area is 136 Å². The molecule has 1 aromatic carbocycles. The molecule has 0 saturated carbocycles. The molecule has 0 radical (unpaired) electrons. The van der Waals surface area contributed by atoms with Gasteiger partial charge in [-0.05, 0) is 29.7 Å². The second-order valence-electron chi connectivity index (χ2n) is 5.59. The van der Waals surface area contributed by atoms with Gasteiger partial charge in [-0.1, -0.05) is 12.1 Å². The van der Waals surface area contributed by atoms with Crippen LogP contribution < -0.4 is 15.4 Å². The zero-order chi connectivity index (χ0) is 16.1. The van der Waals surface area contributed by atoms with Crippen molar-refractivity contribution in [3.63, 3.8) is 0 Å². The highest BCUT2D eigenvalue weighted by atomic mass is 16.5. The molecule has 122 valence electrons. The van der Waals surface area contributed by atoms with Crippen LogP contribution in [0, 0.1) is 0 Å². The van der Waals surface area contributed by atoms with Crippen LogP contribution in [-0.2, 0) is 26.4 Å². The van der Waals surface area contributed by atoms with Gasteiger partial charge in [0.2, 0.25) is 0 Å². The Morgan fingerprint density at radius 3 is 3.04 bits per heavy atom. The Morgan fingerprint density at radius 1 is 1.35 bits per heavy atom. The van der Waals surface area contributed by atoms with Gasteiger partial charge in [-0.2, -0.15) is 5.10 Å². The third-order valence-corrected chi connectivity index (χ3v) is 4.04. The van der Waals surface area contributed by atoms with Crippen molar-refractivity contribution >= 4 is 5.96 Å². The van der Waals surface area contributed by atoms with E-state index in [0.29, 0.717) is 6.54 Å². The summed E-state index contributed by atoms with van der Waals surface area (Å²) in [6.07, 6.45) is 3.77. The highest BCUT2D eigenvalue weighted by molar-refractivity contribution is 5.79. The molecule has 2 N–H and O–H groups in total. The van der Waals surface area contributed by atoms with E-state index in [1.807, 2.05) is 17.8 Å². The molecule has 0 unspecified atom stereocenters. The monoisotopic (exact) mass is 313 g/mol. The molecular weight excluding hydrogens is 290 g/mol. The Hall–Kier alpha value is -2.50. The second kappa shape index (κ2) is 7.17. The number of rotatable bonds is 5. The standard InChI is InChI=1S/C17H23N5O/c1-18-17(20-12-15-6-9-21-22(15)2)19-8-5-13-3-4-16-14(11-13)7-10-23-16/h3-4,6,9,11H,5,7-8,10,12H2,1-2H3,(H2,18,19,20). The van der Waals surface area contributed by atoms with Gasteiger partial charge in [-0.3, -0.25) is 9.67 Å². The quantitative estimate of drug-likeness (QED) is 0.644. The number of aromatic nitrogens is 2. The van der Waals surface area contributed by atoms with Crippen molar-refractivity contribution in [3.05, 3.63) is 47.3 Å². The van der Waals surface area contributed by atoms with Crippen molar-refractivity contribution in [2.45, 2.75) is 19.4 Å². The first kappa shape index (κ1) is 15.4.